The minimum Gasteiger partial charge on any atom is -0.392 e. The lowest BCUT2D eigenvalue weighted by atomic mass is 10.1. The first-order valence-electron chi connectivity index (χ1n) is 6.01. The van der Waals surface area contributed by atoms with Crippen LogP contribution in [0.3, 0.4) is 0 Å². The molecular formula is C14H18N2OS. The number of aliphatic hydroxyl groups is 1. The fraction of sp³-hybridized carbons (Fsp3) is 0.357. The number of aryl methyl sites for hydroxylation is 2. The molecule has 1 aromatic heterocycles. The molecule has 0 saturated heterocycles. The number of benzene rings is 1. The number of hydrogen-bond donors (Lipinski definition) is 2. The topological polar surface area (TPSA) is 45.2 Å². The lowest BCUT2D eigenvalue weighted by Crippen LogP contribution is -2.12. The van der Waals surface area contributed by atoms with Crippen LogP contribution in [0, 0.1) is 13.8 Å². The first-order valence-corrected chi connectivity index (χ1v) is 6.83. The molecular weight excluding hydrogens is 244 g/mol. The predicted molar refractivity (Wildman–Crippen MR) is 74.5 cm³/mol. The van der Waals surface area contributed by atoms with Crippen molar-refractivity contribution in [2.75, 3.05) is 0 Å². The third-order valence-corrected chi connectivity index (χ3v) is 3.86. The Kier molecular flexibility index (Phi) is 4.47. The molecule has 1 aromatic carbocycles. The Morgan fingerprint density at radius 2 is 2.00 bits per heavy atom. The summed E-state index contributed by atoms with van der Waals surface area (Å²) in [5.74, 6) is 0. The summed E-state index contributed by atoms with van der Waals surface area (Å²) in [5, 5.41) is 13.6. The molecule has 0 unspecified atom stereocenters. The maximum atomic E-state index is 9.08. The van der Waals surface area contributed by atoms with Crippen LogP contribution in [0.25, 0.3) is 0 Å². The highest BCUT2D eigenvalue weighted by Gasteiger charge is 2.04. The highest BCUT2D eigenvalue weighted by atomic mass is 32.1. The van der Waals surface area contributed by atoms with Gasteiger partial charge in [-0.15, -0.1) is 11.3 Å². The van der Waals surface area contributed by atoms with Crippen molar-refractivity contribution in [2.24, 2.45) is 0 Å². The normalized spacial score (nSPS) is 10.8. The van der Waals surface area contributed by atoms with E-state index in [0.29, 0.717) is 0 Å². The maximum Gasteiger partial charge on any atom is 0.0900 e. The van der Waals surface area contributed by atoms with E-state index in [0.717, 1.165) is 29.4 Å². The first kappa shape index (κ1) is 13.2. The molecule has 0 aliphatic heterocycles. The van der Waals surface area contributed by atoms with Gasteiger partial charge in [0.2, 0.25) is 0 Å². The molecule has 0 aliphatic carbocycles. The largest absolute Gasteiger partial charge is 0.392 e. The lowest BCUT2D eigenvalue weighted by molar-refractivity contribution is 0.281. The van der Waals surface area contributed by atoms with Gasteiger partial charge in [-0.2, -0.15) is 0 Å². The van der Waals surface area contributed by atoms with Gasteiger partial charge >= 0.3 is 0 Å². The summed E-state index contributed by atoms with van der Waals surface area (Å²) in [6.45, 7) is 5.84. The van der Waals surface area contributed by atoms with Gasteiger partial charge in [0.1, 0.15) is 0 Å². The molecule has 0 bridgehead atoms. The van der Waals surface area contributed by atoms with Crippen molar-refractivity contribution >= 4 is 11.3 Å². The Balaban J connectivity index is 1.90. The molecule has 0 radical (unpaired) electrons. The van der Waals surface area contributed by atoms with E-state index in [9.17, 15) is 0 Å². The zero-order valence-corrected chi connectivity index (χ0v) is 11.5. The Hall–Kier alpha value is -1.23. The van der Waals surface area contributed by atoms with E-state index in [1.54, 1.807) is 11.3 Å². The van der Waals surface area contributed by atoms with Crippen LogP contribution >= 0.6 is 11.3 Å². The molecule has 0 amide bonds. The van der Waals surface area contributed by atoms with Crippen molar-refractivity contribution in [2.45, 2.75) is 33.5 Å². The average molecular weight is 262 g/mol. The summed E-state index contributed by atoms with van der Waals surface area (Å²) < 4.78 is 0. The van der Waals surface area contributed by atoms with Gasteiger partial charge < -0.3 is 10.4 Å². The number of aliphatic hydroxyl groups excluding tert-OH is 1. The van der Waals surface area contributed by atoms with Crippen LogP contribution in [0.4, 0.5) is 0 Å². The van der Waals surface area contributed by atoms with Gasteiger partial charge in [-0.3, -0.25) is 0 Å². The zero-order chi connectivity index (χ0) is 13.0. The van der Waals surface area contributed by atoms with Crippen LogP contribution in [0.5, 0.6) is 0 Å². The second-order valence-electron chi connectivity index (χ2n) is 4.32. The number of thiazole rings is 1. The maximum absolute atomic E-state index is 9.08. The van der Waals surface area contributed by atoms with Crippen molar-refractivity contribution in [3.05, 3.63) is 51.0 Å². The molecule has 96 valence electrons. The van der Waals surface area contributed by atoms with E-state index in [1.165, 1.54) is 10.4 Å². The van der Waals surface area contributed by atoms with Crippen LogP contribution in [-0.2, 0) is 19.7 Å². The Bertz CT molecular complexity index is 522. The quantitative estimate of drug-likeness (QED) is 0.870. The minimum absolute atomic E-state index is 0.0982. The van der Waals surface area contributed by atoms with Crippen molar-refractivity contribution in [1.82, 2.24) is 10.3 Å². The van der Waals surface area contributed by atoms with Crippen LogP contribution in [-0.4, -0.2) is 10.1 Å². The van der Waals surface area contributed by atoms with E-state index in [2.05, 4.69) is 16.4 Å². The molecule has 3 nitrogen and oxygen atoms in total. The van der Waals surface area contributed by atoms with Crippen LogP contribution in [0.2, 0.25) is 0 Å². The highest BCUT2D eigenvalue weighted by Crippen LogP contribution is 2.16. The monoisotopic (exact) mass is 262 g/mol. The summed E-state index contributed by atoms with van der Waals surface area (Å²) in [5.41, 5.74) is 3.27. The molecule has 0 atom stereocenters. The van der Waals surface area contributed by atoms with Gasteiger partial charge in [0, 0.05) is 18.0 Å². The zero-order valence-electron chi connectivity index (χ0n) is 10.7. The molecule has 2 aromatic rings. The van der Waals surface area contributed by atoms with Gasteiger partial charge in [0.05, 0.1) is 17.3 Å². The van der Waals surface area contributed by atoms with Gasteiger partial charge in [-0.05, 0) is 25.0 Å². The Morgan fingerprint density at radius 3 is 2.67 bits per heavy atom. The minimum atomic E-state index is 0.0982. The van der Waals surface area contributed by atoms with Gasteiger partial charge in [0.25, 0.3) is 0 Å². The molecule has 0 fully saturated rings. The summed E-state index contributed by atoms with van der Waals surface area (Å²) in [6.07, 6.45) is 0. The molecule has 0 spiro atoms. The Morgan fingerprint density at radius 1 is 1.22 bits per heavy atom. The second-order valence-corrected chi connectivity index (χ2v) is 5.61. The van der Waals surface area contributed by atoms with E-state index in [-0.39, 0.29) is 6.61 Å². The fourth-order valence-electron chi connectivity index (χ4n) is 1.90. The average Bonchev–Trinajstić information content (AvgIpc) is 2.68. The number of hydrogen-bond acceptors (Lipinski definition) is 4. The third kappa shape index (κ3) is 3.38. The van der Waals surface area contributed by atoms with E-state index in [4.69, 9.17) is 5.11 Å². The molecule has 2 N–H and O–H groups in total. The van der Waals surface area contributed by atoms with E-state index >= 15 is 0 Å². The Labute approximate surface area is 112 Å². The highest BCUT2D eigenvalue weighted by molar-refractivity contribution is 7.11. The lowest BCUT2D eigenvalue weighted by Gasteiger charge is -2.05. The number of nitrogens with one attached hydrogen (secondary N) is 1. The molecule has 18 heavy (non-hydrogen) atoms. The number of rotatable bonds is 5. The van der Waals surface area contributed by atoms with Crippen LogP contribution < -0.4 is 5.32 Å². The predicted octanol–water partition coefficient (Wildman–Crippen LogP) is 2.54. The molecule has 4 heteroatoms. The van der Waals surface area contributed by atoms with E-state index in [1.807, 2.05) is 32.0 Å². The number of aromatic nitrogens is 1. The van der Waals surface area contributed by atoms with Crippen LogP contribution in [0.15, 0.2) is 24.3 Å². The third-order valence-electron chi connectivity index (χ3n) is 2.79. The standard InChI is InChI=1S/C14H18N2OS/c1-10-14(18-11(2)16-10)8-15-7-12-4-3-5-13(6-12)9-17/h3-6,15,17H,7-9H2,1-2H3. The van der Waals surface area contributed by atoms with Gasteiger partial charge in [-0.25, -0.2) is 4.98 Å². The van der Waals surface area contributed by atoms with Gasteiger partial charge in [0.15, 0.2) is 0 Å². The second kappa shape index (κ2) is 6.09. The number of nitrogens with zero attached hydrogens (tertiary/aromatic N) is 1. The van der Waals surface area contributed by atoms with Gasteiger partial charge in [-0.1, -0.05) is 24.3 Å². The molecule has 0 saturated carbocycles. The summed E-state index contributed by atoms with van der Waals surface area (Å²) in [7, 11) is 0. The van der Waals surface area contributed by atoms with Crippen molar-refractivity contribution < 1.29 is 5.11 Å². The van der Waals surface area contributed by atoms with Crippen molar-refractivity contribution in [3.8, 4) is 0 Å². The summed E-state index contributed by atoms with van der Waals surface area (Å²) in [6, 6.07) is 8.00. The molecule has 0 aliphatic rings. The smallest absolute Gasteiger partial charge is 0.0900 e. The van der Waals surface area contributed by atoms with Crippen LogP contribution in [0.1, 0.15) is 26.7 Å². The summed E-state index contributed by atoms with van der Waals surface area (Å²) >= 11 is 1.74. The fourth-order valence-corrected chi connectivity index (χ4v) is 2.80. The first-order chi connectivity index (χ1) is 8.69. The van der Waals surface area contributed by atoms with E-state index < -0.39 is 0 Å². The SMILES string of the molecule is Cc1nc(C)c(CNCc2cccc(CO)c2)s1. The van der Waals surface area contributed by atoms with Crippen molar-refractivity contribution in [1.29, 1.82) is 0 Å². The van der Waals surface area contributed by atoms with Crippen molar-refractivity contribution in [3.63, 3.8) is 0 Å². The summed E-state index contributed by atoms with van der Waals surface area (Å²) in [4.78, 5) is 5.71. The molecule has 1 heterocycles. The molecule has 2 rings (SSSR count).